The Kier molecular flexibility index (Phi) is 7.11. The zero-order chi connectivity index (χ0) is 28.6. The van der Waals surface area contributed by atoms with Crippen LogP contribution in [0.25, 0.3) is 22.0 Å². The van der Waals surface area contributed by atoms with E-state index in [4.69, 9.17) is 10.5 Å². The molecule has 0 aliphatic carbocycles. The third-order valence-corrected chi connectivity index (χ3v) is 6.56. The van der Waals surface area contributed by atoms with Gasteiger partial charge in [-0.1, -0.05) is 12.1 Å². The Morgan fingerprint density at radius 1 is 1.00 bits per heavy atom. The maximum absolute atomic E-state index is 15.8. The van der Waals surface area contributed by atoms with E-state index in [2.05, 4.69) is 15.3 Å². The van der Waals surface area contributed by atoms with Gasteiger partial charge in [0, 0.05) is 29.9 Å². The zero-order valence-electron chi connectivity index (χ0n) is 21.2. The monoisotopic (exact) mass is 553 g/mol. The van der Waals surface area contributed by atoms with Gasteiger partial charge in [0.05, 0.1) is 29.7 Å². The number of fused-ring (bicyclic) bond motifs is 1. The number of carbonyl (C=O) groups excluding carboxylic acids is 2. The minimum absolute atomic E-state index is 0.0613. The van der Waals surface area contributed by atoms with Gasteiger partial charge >= 0.3 is 6.18 Å². The molecule has 3 aromatic carbocycles. The Balaban J connectivity index is 1.46. The number of amides is 2. The number of aryl methyl sites for hydroxylation is 1. The second kappa shape index (κ2) is 10.5. The highest BCUT2D eigenvalue weighted by Gasteiger charge is 2.31. The molecular formula is C28H23F4N5O3. The topological polar surface area (TPSA) is 110 Å². The Labute approximate surface area is 225 Å². The number of nitrogens with one attached hydrogen (secondary N) is 1. The Morgan fingerprint density at radius 3 is 2.48 bits per heavy atom. The van der Waals surface area contributed by atoms with Crippen LogP contribution in [-0.2, 0) is 10.9 Å². The van der Waals surface area contributed by atoms with E-state index in [1.807, 2.05) is 0 Å². The molecule has 1 aliphatic heterocycles. The van der Waals surface area contributed by atoms with Crippen molar-refractivity contribution in [3.8, 4) is 11.1 Å². The standard InChI is InChI=1S/C28H23F4N5O3/c1-15-5-6-18(34-26(38)16-3-2-4-17(13-16)28(30,31)32)14-20(15)19-7-8-21-22(23(19)29)24(33)36-25(35-21)27(39)37-9-11-40-12-10-37/h2-8,13-14H,9-12H2,1H3,(H,34,38)(H2,33,35,36). The summed E-state index contributed by atoms with van der Waals surface area (Å²) in [6, 6.07) is 11.8. The Morgan fingerprint density at radius 2 is 1.75 bits per heavy atom. The molecule has 3 N–H and O–H groups in total. The van der Waals surface area contributed by atoms with Crippen molar-refractivity contribution in [3.05, 3.63) is 82.9 Å². The molecule has 0 unspecified atom stereocenters. The van der Waals surface area contributed by atoms with Crippen molar-refractivity contribution < 1.29 is 31.9 Å². The summed E-state index contributed by atoms with van der Waals surface area (Å²) in [5.74, 6) is -2.25. The molecule has 4 aromatic rings. The fourth-order valence-electron chi connectivity index (χ4n) is 4.45. The molecule has 1 fully saturated rings. The largest absolute Gasteiger partial charge is 0.416 e. The van der Waals surface area contributed by atoms with Crippen LogP contribution in [0.1, 0.15) is 32.1 Å². The maximum Gasteiger partial charge on any atom is 0.416 e. The number of alkyl halides is 3. The number of anilines is 2. The van der Waals surface area contributed by atoms with E-state index in [1.54, 1.807) is 19.1 Å². The van der Waals surface area contributed by atoms with E-state index in [0.29, 0.717) is 37.4 Å². The lowest BCUT2D eigenvalue weighted by Crippen LogP contribution is -2.41. The molecule has 2 heterocycles. The van der Waals surface area contributed by atoms with Gasteiger partial charge in [-0.15, -0.1) is 0 Å². The van der Waals surface area contributed by atoms with E-state index >= 15 is 4.39 Å². The highest BCUT2D eigenvalue weighted by Crippen LogP contribution is 2.34. The molecule has 206 valence electrons. The van der Waals surface area contributed by atoms with Crippen LogP contribution < -0.4 is 11.1 Å². The fraction of sp³-hybridized carbons (Fsp3) is 0.214. The van der Waals surface area contributed by atoms with Crippen molar-refractivity contribution in [2.75, 3.05) is 37.4 Å². The van der Waals surface area contributed by atoms with Crippen LogP contribution in [-0.4, -0.2) is 53.0 Å². The van der Waals surface area contributed by atoms with Crippen LogP contribution in [0.4, 0.5) is 29.1 Å². The number of halogens is 4. The van der Waals surface area contributed by atoms with Crippen molar-refractivity contribution in [2.24, 2.45) is 0 Å². The molecule has 0 atom stereocenters. The highest BCUT2D eigenvalue weighted by molar-refractivity contribution is 6.05. The van der Waals surface area contributed by atoms with Gasteiger partial charge in [-0.25, -0.2) is 14.4 Å². The summed E-state index contributed by atoms with van der Waals surface area (Å²) < 4.78 is 60.3. The van der Waals surface area contributed by atoms with E-state index in [-0.39, 0.29) is 39.4 Å². The van der Waals surface area contributed by atoms with Crippen LogP contribution in [0, 0.1) is 12.7 Å². The Bertz CT molecular complexity index is 1630. The van der Waals surface area contributed by atoms with Gasteiger partial charge in [-0.05, 0) is 60.5 Å². The summed E-state index contributed by atoms with van der Waals surface area (Å²) in [7, 11) is 0. The molecule has 1 saturated heterocycles. The van der Waals surface area contributed by atoms with Gasteiger partial charge in [0.25, 0.3) is 11.8 Å². The first kappa shape index (κ1) is 27.0. The summed E-state index contributed by atoms with van der Waals surface area (Å²) >= 11 is 0. The van der Waals surface area contributed by atoms with Gasteiger partial charge in [0.2, 0.25) is 5.82 Å². The average molecular weight is 554 g/mol. The molecule has 40 heavy (non-hydrogen) atoms. The molecule has 1 aromatic heterocycles. The number of nitrogen functional groups attached to an aromatic ring is 1. The van der Waals surface area contributed by atoms with Crippen molar-refractivity contribution in [1.82, 2.24) is 14.9 Å². The molecule has 5 rings (SSSR count). The number of hydrogen-bond donors (Lipinski definition) is 2. The molecule has 8 nitrogen and oxygen atoms in total. The summed E-state index contributed by atoms with van der Waals surface area (Å²) in [6.45, 7) is 3.29. The molecule has 0 spiro atoms. The number of nitrogens with zero attached hydrogens (tertiary/aromatic N) is 3. The highest BCUT2D eigenvalue weighted by atomic mass is 19.4. The summed E-state index contributed by atoms with van der Waals surface area (Å²) in [5.41, 5.74) is 6.58. The van der Waals surface area contributed by atoms with Crippen molar-refractivity contribution >= 4 is 34.2 Å². The third-order valence-electron chi connectivity index (χ3n) is 6.56. The van der Waals surface area contributed by atoms with E-state index < -0.39 is 29.4 Å². The Hall–Kier alpha value is -4.58. The molecule has 2 amide bonds. The predicted octanol–water partition coefficient (Wildman–Crippen LogP) is 5.07. The lowest BCUT2D eigenvalue weighted by atomic mass is 9.97. The smallest absolute Gasteiger partial charge is 0.383 e. The SMILES string of the molecule is Cc1ccc(NC(=O)c2cccc(C(F)(F)F)c2)cc1-c1ccc2nc(C(=O)N3CCOCC3)nc(N)c2c1F. The third kappa shape index (κ3) is 5.30. The number of benzene rings is 3. The first-order chi connectivity index (χ1) is 19.0. The van der Waals surface area contributed by atoms with E-state index in [0.717, 1.165) is 18.2 Å². The molecular weight excluding hydrogens is 530 g/mol. The first-order valence-electron chi connectivity index (χ1n) is 12.3. The number of carbonyl (C=O) groups is 2. The summed E-state index contributed by atoms with van der Waals surface area (Å²) in [5, 5.41) is 2.50. The number of morpholine rings is 1. The second-order valence-corrected chi connectivity index (χ2v) is 9.22. The number of nitrogens with two attached hydrogens (primary N) is 1. The summed E-state index contributed by atoms with van der Waals surface area (Å²) in [4.78, 5) is 35.4. The zero-order valence-corrected chi connectivity index (χ0v) is 21.2. The minimum atomic E-state index is -4.59. The molecule has 0 bridgehead atoms. The molecule has 0 saturated carbocycles. The number of ether oxygens (including phenoxy) is 1. The van der Waals surface area contributed by atoms with Gasteiger partial charge in [0.1, 0.15) is 11.6 Å². The van der Waals surface area contributed by atoms with Crippen molar-refractivity contribution in [3.63, 3.8) is 0 Å². The average Bonchev–Trinajstić information content (AvgIpc) is 2.94. The van der Waals surface area contributed by atoms with Crippen molar-refractivity contribution in [2.45, 2.75) is 13.1 Å². The minimum Gasteiger partial charge on any atom is -0.383 e. The maximum atomic E-state index is 15.8. The van der Waals surface area contributed by atoms with Crippen LogP contribution in [0.15, 0.2) is 54.6 Å². The van der Waals surface area contributed by atoms with Gasteiger partial charge in [-0.2, -0.15) is 13.2 Å². The van der Waals surface area contributed by atoms with Crippen LogP contribution >= 0.6 is 0 Å². The van der Waals surface area contributed by atoms with Gasteiger partial charge < -0.3 is 20.7 Å². The van der Waals surface area contributed by atoms with Gasteiger partial charge in [0.15, 0.2) is 0 Å². The van der Waals surface area contributed by atoms with E-state index in [1.165, 1.54) is 29.2 Å². The lowest BCUT2D eigenvalue weighted by Gasteiger charge is -2.26. The van der Waals surface area contributed by atoms with E-state index in [9.17, 15) is 22.8 Å². The van der Waals surface area contributed by atoms with Crippen molar-refractivity contribution in [1.29, 1.82) is 0 Å². The van der Waals surface area contributed by atoms with Gasteiger partial charge in [-0.3, -0.25) is 9.59 Å². The van der Waals surface area contributed by atoms with Crippen LogP contribution in [0.2, 0.25) is 0 Å². The number of rotatable bonds is 4. The van der Waals surface area contributed by atoms with Crippen LogP contribution in [0.3, 0.4) is 0 Å². The molecule has 0 radical (unpaired) electrons. The normalized spacial score (nSPS) is 13.9. The van der Waals surface area contributed by atoms with Crippen LogP contribution in [0.5, 0.6) is 0 Å². The molecule has 12 heteroatoms. The summed E-state index contributed by atoms with van der Waals surface area (Å²) in [6.07, 6.45) is -4.59. The second-order valence-electron chi connectivity index (χ2n) is 9.22. The molecule has 1 aliphatic rings. The quantitative estimate of drug-likeness (QED) is 0.342. The number of hydrogen-bond acceptors (Lipinski definition) is 6. The predicted molar refractivity (Wildman–Crippen MR) is 140 cm³/mol. The fourth-order valence-corrected chi connectivity index (χ4v) is 4.45. The number of aromatic nitrogens is 2. The lowest BCUT2D eigenvalue weighted by molar-refractivity contribution is -0.137. The first-order valence-corrected chi connectivity index (χ1v) is 12.3.